The van der Waals surface area contributed by atoms with Crippen LogP contribution >= 0.6 is 0 Å². The summed E-state index contributed by atoms with van der Waals surface area (Å²) in [5, 5.41) is 47.2. The summed E-state index contributed by atoms with van der Waals surface area (Å²) in [7, 11) is 0. The van der Waals surface area contributed by atoms with Crippen molar-refractivity contribution >= 4 is 0 Å². The van der Waals surface area contributed by atoms with Gasteiger partial charge in [0.15, 0.2) is 0 Å². The quantitative estimate of drug-likeness (QED) is 0.283. The van der Waals surface area contributed by atoms with Crippen molar-refractivity contribution in [3.63, 3.8) is 0 Å². The number of hydrogen-bond donors (Lipinski definition) is 6. The fourth-order valence-electron chi connectivity index (χ4n) is 5.03. The van der Waals surface area contributed by atoms with Crippen molar-refractivity contribution in [2.24, 2.45) is 11.8 Å². The number of aliphatic hydroxyl groups excluding tert-OH is 4. The normalized spacial score (nSPS) is 49.3. The SMILES string of the molecule is OC[C@H]1[C@@H](O)[C@H]2NCOC[C@H]2O[C@H]1CC[C@@H]1O[C@@H]2COCN[C@@H]2[C@H](O)[C@@H]1CO. The first-order valence-corrected chi connectivity index (χ1v) is 10.1. The third-order valence-electron chi connectivity index (χ3n) is 6.63. The predicted molar refractivity (Wildman–Crippen MR) is 95.2 cm³/mol. The zero-order chi connectivity index (χ0) is 19.7. The first kappa shape index (κ1) is 20.9. The summed E-state index contributed by atoms with van der Waals surface area (Å²) < 4.78 is 23.0. The smallest absolute Gasteiger partial charge is 0.0991 e. The highest BCUT2D eigenvalue weighted by Crippen LogP contribution is 2.34. The van der Waals surface area contributed by atoms with E-state index in [4.69, 9.17) is 18.9 Å². The standard InChI is InChI=1S/C18H32N2O8/c21-3-9-11(27-13-5-25-7-19-15(13)17(9)23)1-2-12-10(4-22)18(24)16-14(28-12)6-26-8-20-16/h9-24H,1-8H2/t9-,10-,11+,12+,13-,14-,15+,16+,17-,18-/m1/s1. The fraction of sp³-hybridized carbons (Fsp3) is 1.00. The number of nitrogens with one attached hydrogen (secondary N) is 2. The molecule has 0 bridgehead atoms. The lowest BCUT2D eigenvalue weighted by molar-refractivity contribution is -0.218. The van der Waals surface area contributed by atoms with E-state index in [1.165, 1.54) is 0 Å². The van der Waals surface area contributed by atoms with Gasteiger partial charge in [-0.15, -0.1) is 0 Å². The van der Waals surface area contributed by atoms with E-state index in [1.807, 2.05) is 0 Å². The van der Waals surface area contributed by atoms with Gasteiger partial charge in [0.2, 0.25) is 0 Å². The number of ether oxygens (including phenoxy) is 4. The van der Waals surface area contributed by atoms with Crippen LogP contribution in [0.3, 0.4) is 0 Å². The minimum Gasteiger partial charge on any atom is -0.396 e. The molecule has 4 fully saturated rings. The summed E-state index contributed by atoms with van der Waals surface area (Å²) >= 11 is 0. The predicted octanol–water partition coefficient (Wildman–Crippen LogP) is -2.87. The highest BCUT2D eigenvalue weighted by Gasteiger charge is 2.48. The van der Waals surface area contributed by atoms with Crippen LogP contribution in [-0.2, 0) is 18.9 Å². The van der Waals surface area contributed by atoms with Gasteiger partial charge in [-0.3, -0.25) is 10.6 Å². The third kappa shape index (κ3) is 3.95. The van der Waals surface area contributed by atoms with Gasteiger partial charge in [-0.1, -0.05) is 0 Å². The third-order valence-corrected chi connectivity index (χ3v) is 6.63. The van der Waals surface area contributed by atoms with Crippen LogP contribution in [0, 0.1) is 11.8 Å². The minimum atomic E-state index is -0.732. The average molecular weight is 404 g/mol. The van der Waals surface area contributed by atoms with Crippen LogP contribution in [-0.4, -0.2) is 109 Å². The molecule has 10 nitrogen and oxygen atoms in total. The molecule has 0 spiro atoms. The van der Waals surface area contributed by atoms with Crippen molar-refractivity contribution in [1.29, 1.82) is 0 Å². The van der Waals surface area contributed by atoms with Crippen molar-refractivity contribution in [3.05, 3.63) is 0 Å². The van der Waals surface area contributed by atoms with E-state index in [0.29, 0.717) is 39.5 Å². The molecule has 10 heteroatoms. The molecule has 0 aromatic carbocycles. The van der Waals surface area contributed by atoms with Crippen LogP contribution in [0.1, 0.15) is 12.8 Å². The van der Waals surface area contributed by atoms with Gasteiger partial charge in [-0.05, 0) is 12.8 Å². The van der Waals surface area contributed by atoms with Gasteiger partial charge in [0, 0.05) is 11.8 Å². The summed E-state index contributed by atoms with van der Waals surface area (Å²) in [4.78, 5) is 0. The molecule has 4 aliphatic heterocycles. The molecule has 4 heterocycles. The molecule has 0 amide bonds. The Morgan fingerprint density at radius 3 is 1.54 bits per heavy atom. The molecule has 4 rings (SSSR count). The zero-order valence-electron chi connectivity index (χ0n) is 15.9. The first-order valence-electron chi connectivity index (χ1n) is 10.1. The topological polar surface area (TPSA) is 142 Å². The molecular weight excluding hydrogens is 372 g/mol. The fourth-order valence-corrected chi connectivity index (χ4v) is 5.03. The Kier molecular flexibility index (Phi) is 6.83. The average Bonchev–Trinajstić information content (AvgIpc) is 2.72. The van der Waals surface area contributed by atoms with E-state index in [-0.39, 0.29) is 49.7 Å². The highest BCUT2D eigenvalue weighted by molar-refractivity contribution is 4.99. The maximum absolute atomic E-state index is 10.7. The monoisotopic (exact) mass is 404 g/mol. The van der Waals surface area contributed by atoms with E-state index in [0.717, 1.165) is 0 Å². The highest BCUT2D eigenvalue weighted by atomic mass is 16.6. The van der Waals surface area contributed by atoms with Gasteiger partial charge in [0.25, 0.3) is 0 Å². The van der Waals surface area contributed by atoms with Crippen molar-refractivity contribution < 1.29 is 39.4 Å². The molecule has 0 aromatic rings. The molecule has 4 saturated heterocycles. The lowest BCUT2D eigenvalue weighted by Gasteiger charge is -2.49. The Hall–Kier alpha value is -0.400. The summed E-state index contributed by atoms with van der Waals surface area (Å²) in [5.41, 5.74) is 0. The van der Waals surface area contributed by atoms with Gasteiger partial charge < -0.3 is 39.4 Å². The van der Waals surface area contributed by atoms with E-state index < -0.39 is 24.0 Å². The van der Waals surface area contributed by atoms with Crippen molar-refractivity contribution in [2.75, 3.05) is 39.9 Å². The van der Waals surface area contributed by atoms with Crippen molar-refractivity contribution in [1.82, 2.24) is 10.6 Å². The van der Waals surface area contributed by atoms with Gasteiger partial charge in [0.05, 0.1) is 88.6 Å². The molecular formula is C18H32N2O8. The number of hydrogen-bond acceptors (Lipinski definition) is 10. The van der Waals surface area contributed by atoms with Gasteiger partial charge in [-0.2, -0.15) is 0 Å². The van der Waals surface area contributed by atoms with Crippen LogP contribution in [0.4, 0.5) is 0 Å². The van der Waals surface area contributed by atoms with E-state index in [2.05, 4.69) is 10.6 Å². The molecule has 6 N–H and O–H groups in total. The van der Waals surface area contributed by atoms with Crippen molar-refractivity contribution in [3.8, 4) is 0 Å². The van der Waals surface area contributed by atoms with Gasteiger partial charge in [0.1, 0.15) is 0 Å². The summed E-state index contributed by atoms with van der Waals surface area (Å²) in [6.07, 6.45) is -1.66. The first-order chi connectivity index (χ1) is 13.6. The molecule has 0 saturated carbocycles. The Morgan fingerprint density at radius 1 is 0.714 bits per heavy atom. The maximum atomic E-state index is 10.7. The Bertz CT molecular complexity index is 470. The summed E-state index contributed by atoms with van der Waals surface area (Å²) in [6.45, 7) is 1.14. The van der Waals surface area contributed by atoms with Crippen LogP contribution < -0.4 is 10.6 Å². The molecule has 162 valence electrons. The summed E-state index contributed by atoms with van der Waals surface area (Å²) in [6, 6.07) is -0.516. The van der Waals surface area contributed by atoms with Crippen LogP contribution in [0.15, 0.2) is 0 Å². The van der Waals surface area contributed by atoms with E-state index in [9.17, 15) is 20.4 Å². The van der Waals surface area contributed by atoms with Crippen LogP contribution in [0.2, 0.25) is 0 Å². The molecule has 0 radical (unpaired) electrons. The molecule has 0 aliphatic carbocycles. The molecule has 0 aromatic heterocycles. The van der Waals surface area contributed by atoms with E-state index in [1.54, 1.807) is 0 Å². The summed E-state index contributed by atoms with van der Waals surface area (Å²) in [5.74, 6) is -0.833. The molecule has 0 unspecified atom stereocenters. The second kappa shape index (κ2) is 9.17. The lowest BCUT2D eigenvalue weighted by atomic mass is 9.80. The van der Waals surface area contributed by atoms with Crippen LogP contribution in [0.5, 0.6) is 0 Å². The van der Waals surface area contributed by atoms with Gasteiger partial charge >= 0.3 is 0 Å². The number of fused-ring (bicyclic) bond motifs is 2. The maximum Gasteiger partial charge on any atom is 0.0991 e. The lowest BCUT2D eigenvalue weighted by Crippen LogP contribution is -2.65. The Labute approximate surface area is 164 Å². The second-order valence-corrected chi connectivity index (χ2v) is 8.17. The molecule has 4 aliphatic rings. The largest absolute Gasteiger partial charge is 0.396 e. The zero-order valence-corrected chi connectivity index (χ0v) is 15.9. The number of aliphatic hydroxyl groups is 4. The van der Waals surface area contributed by atoms with Crippen LogP contribution in [0.25, 0.3) is 0 Å². The van der Waals surface area contributed by atoms with Gasteiger partial charge in [-0.25, -0.2) is 0 Å². The van der Waals surface area contributed by atoms with Crippen molar-refractivity contribution in [2.45, 2.75) is 61.5 Å². The number of rotatable bonds is 5. The molecule has 10 atom stereocenters. The van der Waals surface area contributed by atoms with E-state index >= 15 is 0 Å². The molecule has 28 heavy (non-hydrogen) atoms. The minimum absolute atomic E-state index is 0.183. The second-order valence-electron chi connectivity index (χ2n) is 8.17. The Balaban J connectivity index is 1.40. The Morgan fingerprint density at radius 2 is 1.14 bits per heavy atom.